The summed E-state index contributed by atoms with van der Waals surface area (Å²) in [6, 6.07) is 8.91. The molecule has 0 amide bonds. The van der Waals surface area contributed by atoms with Crippen molar-refractivity contribution in [1.82, 2.24) is 0 Å². The van der Waals surface area contributed by atoms with Gasteiger partial charge in [-0.1, -0.05) is 55.7 Å². The van der Waals surface area contributed by atoms with E-state index in [2.05, 4.69) is 21.7 Å². The van der Waals surface area contributed by atoms with Gasteiger partial charge >= 0.3 is 5.97 Å². The minimum Gasteiger partial charge on any atom is -0.459 e. The van der Waals surface area contributed by atoms with E-state index in [-0.39, 0.29) is 12.6 Å². The molecule has 0 aliphatic rings. The number of aliphatic imine (C=N–C) groups is 1. The van der Waals surface area contributed by atoms with Gasteiger partial charge in [0, 0.05) is 10.5 Å². The molecule has 6 heteroatoms. The number of rotatable bonds is 9. The first-order valence-corrected chi connectivity index (χ1v) is 7.21. The van der Waals surface area contributed by atoms with Crippen molar-refractivity contribution in [3.05, 3.63) is 46.3 Å². The third-order valence-electron chi connectivity index (χ3n) is 3.30. The van der Waals surface area contributed by atoms with Gasteiger partial charge in [0.2, 0.25) is 0 Å². The first-order chi connectivity index (χ1) is 10.5. The lowest BCUT2D eigenvalue weighted by atomic mass is 9.97. The van der Waals surface area contributed by atoms with E-state index in [0.29, 0.717) is 19.3 Å². The molecule has 0 heterocycles. The molecule has 0 saturated carbocycles. The fraction of sp³-hybridized carbons (Fsp3) is 0.500. The minimum absolute atomic E-state index is 0.232. The SMILES string of the molecule is C=NC(CCCC(C)(C)N=[N+]=[N-])C(=O)OCc1ccccc1. The number of esters is 1. The van der Waals surface area contributed by atoms with Gasteiger partial charge in [0.1, 0.15) is 12.6 Å². The third kappa shape index (κ3) is 6.41. The van der Waals surface area contributed by atoms with Gasteiger partial charge in [-0.05, 0) is 30.7 Å². The van der Waals surface area contributed by atoms with E-state index >= 15 is 0 Å². The average molecular weight is 302 g/mol. The Balaban J connectivity index is 2.41. The van der Waals surface area contributed by atoms with E-state index in [9.17, 15) is 4.79 Å². The van der Waals surface area contributed by atoms with Crippen LogP contribution in [0.4, 0.5) is 0 Å². The third-order valence-corrected chi connectivity index (χ3v) is 3.30. The summed E-state index contributed by atoms with van der Waals surface area (Å²) in [6.07, 6.45) is 1.91. The molecule has 1 rings (SSSR count). The molecule has 0 aromatic heterocycles. The molecule has 1 atom stereocenters. The summed E-state index contributed by atoms with van der Waals surface area (Å²) in [7, 11) is 0. The number of carbonyl (C=O) groups excluding carboxylic acids is 1. The Labute approximate surface area is 130 Å². The summed E-state index contributed by atoms with van der Waals surface area (Å²) in [5, 5.41) is 3.72. The lowest BCUT2D eigenvalue weighted by molar-refractivity contribution is -0.146. The predicted octanol–water partition coefficient (Wildman–Crippen LogP) is 4.06. The Hall–Kier alpha value is -2.33. The summed E-state index contributed by atoms with van der Waals surface area (Å²) in [5.74, 6) is -0.375. The van der Waals surface area contributed by atoms with Crippen LogP contribution in [0, 0.1) is 0 Å². The van der Waals surface area contributed by atoms with Gasteiger partial charge in [-0.3, -0.25) is 4.99 Å². The van der Waals surface area contributed by atoms with Crippen LogP contribution in [0.15, 0.2) is 40.4 Å². The zero-order valence-corrected chi connectivity index (χ0v) is 13.1. The first-order valence-electron chi connectivity index (χ1n) is 7.21. The van der Waals surface area contributed by atoms with Crippen molar-refractivity contribution in [2.45, 2.75) is 51.3 Å². The highest BCUT2D eigenvalue weighted by molar-refractivity contribution is 5.76. The fourth-order valence-corrected chi connectivity index (χ4v) is 2.01. The number of hydrogen-bond donors (Lipinski definition) is 0. The Kier molecular flexibility index (Phi) is 7.13. The van der Waals surface area contributed by atoms with Crippen molar-refractivity contribution in [2.75, 3.05) is 0 Å². The van der Waals surface area contributed by atoms with E-state index in [0.717, 1.165) is 5.56 Å². The molecule has 22 heavy (non-hydrogen) atoms. The highest BCUT2D eigenvalue weighted by Crippen LogP contribution is 2.19. The molecular weight excluding hydrogens is 280 g/mol. The summed E-state index contributed by atoms with van der Waals surface area (Å²) < 4.78 is 5.26. The van der Waals surface area contributed by atoms with Crippen LogP contribution >= 0.6 is 0 Å². The Morgan fingerprint density at radius 3 is 2.68 bits per heavy atom. The molecule has 0 spiro atoms. The molecule has 0 N–H and O–H groups in total. The molecule has 118 valence electrons. The molecule has 0 aliphatic heterocycles. The number of carbonyl (C=O) groups is 1. The monoisotopic (exact) mass is 302 g/mol. The predicted molar refractivity (Wildman–Crippen MR) is 86.7 cm³/mol. The Morgan fingerprint density at radius 2 is 2.09 bits per heavy atom. The summed E-state index contributed by atoms with van der Waals surface area (Å²) in [4.78, 5) is 18.6. The molecule has 0 radical (unpaired) electrons. The summed E-state index contributed by atoms with van der Waals surface area (Å²) in [5.41, 5.74) is 8.95. The highest BCUT2D eigenvalue weighted by atomic mass is 16.5. The zero-order valence-electron chi connectivity index (χ0n) is 13.1. The summed E-state index contributed by atoms with van der Waals surface area (Å²) in [6.45, 7) is 7.40. The standard InChI is InChI=1S/C16H22N4O2/c1-16(2,19-20-17)11-7-10-14(18-3)15(21)22-12-13-8-5-4-6-9-13/h4-6,8-9,14H,3,7,10-12H2,1-2H3. The fourth-order valence-electron chi connectivity index (χ4n) is 2.01. The van der Waals surface area contributed by atoms with Gasteiger partial charge in [-0.2, -0.15) is 0 Å². The number of benzene rings is 1. The van der Waals surface area contributed by atoms with Crippen LogP contribution in [0.5, 0.6) is 0 Å². The van der Waals surface area contributed by atoms with Crippen LogP contribution in [0.3, 0.4) is 0 Å². The van der Waals surface area contributed by atoms with Crippen molar-refractivity contribution in [3.63, 3.8) is 0 Å². The van der Waals surface area contributed by atoms with Gasteiger partial charge in [0.05, 0.1) is 0 Å². The lowest BCUT2D eigenvalue weighted by Gasteiger charge is -2.18. The topological polar surface area (TPSA) is 87.4 Å². The van der Waals surface area contributed by atoms with Crippen LogP contribution in [0.1, 0.15) is 38.7 Å². The largest absolute Gasteiger partial charge is 0.459 e. The second-order valence-electron chi connectivity index (χ2n) is 5.69. The van der Waals surface area contributed by atoms with Crippen LogP contribution in [-0.2, 0) is 16.1 Å². The van der Waals surface area contributed by atoms with Crippen molar-refractivity contribution in [2.24, 2.45) is 10.1 Å². The number of azide groups is 1. The molecule has 6 nitrogen and oxygen atoms in total. The zero-order chi connectivity index (χ0) is 16.4. The maximum atomic E-state index is 12.0. The molecule has 1 aromatic carbocycles. The van der Waals surface area contributed by atoms with Gasteiger partial charge in [-0.25, -0.2) is 4.79 Å². The average Bonchev–Trinajstić information content (AvgIpc) is 2.50. The van der Waals surface area contributed by atoms with Crippen molar-refractivity contribution >= 4 is 12.7 Å². The van der Waals surface area contributed by atoms with Crippen LogP contribution in [-0.4, -0.2) is 24.3 Å². The molecule has 1 unspecified atom stereocenters. The minimum atomic E-state index is -0.578. The van der Waals surface area contributed by atoms with E-state index in [1.54, 1.807) is 0 Å². The van der Waals surface area contributed by atoms with Crippen LogP contribution < -0.4 is 0 Å². The lowest BCUT2D eigenvalue weighted by Crippen LogP contribution is -2.23. The molecule has 1 aromatic rings. The van der Waals surface area contributed by atoms with Gasteiger partial charge in [-0.15, -0.1) is 0 Å². The number of hydrogen-bond acceptors (Lipinski definition) is 4. The van der Waals surface area contributed by atoms with Crippen molar-refractivity contribution < 1.29 is 9.53 Å². The quantitative estimate of drug-likeness (QED) is 0.226. The Morgan fingerprint density at radius 1 is 1.41 bits per heavy atom. The van der Waals surface area contributed by atoms with E-state index in [1.807, 2.05) is 44.2 Å². The second-order valence-corrected chi connectivity index (χ2v) is 5.69. The molecule has 0 bridgehead atoms. The van der Waals surface area contributed by atoms with Crippen molar-refractivity contribution in [3.8, 4) is 0 Å². The molecule has 0 aliphatic carbocycles. The molecule has 0 saturated heterocycles. The van der Waals surface area contributed by atoms with E-state index in [4.69, 9.17) is 10.3 Å². The number of nitrogens with zero attached hydrogens (tertiary/aromatic N) is 4. The summed E-state index contributed by atoms with van der Waals surface area (Å²) >= 11 is 0. The maximum Gasteiger partial charge on any atom is 0.331 e. The van der Waals surface area contributed by atoms with Crippen molar-refractivity contribution in [1.29, 1.82) is 0 Å². The smallest absolute Gasteiger partial charge is 0.331 e. The Bertz CT molecular complexity index is 536. The first kappa shape index (κ1) is 17.7. The van der Waals surface area contributed by atoms with E-state index in [1.165, 1.54) is 0 Å². The van der Waals surface area contributed by atoms with E-state index < -0.39 is 11.6 Å². The van der Waals surface area contributed by atoms with Crippen LogP contribution in [0.2, 0.25) is 0 Å². The normalized spacial score (nSPS) is 12.1. The molecular formula is C16H22N4O2. The van der Waals surface area contributed by atoms with Gasteiger partial charge in [0.25, 0.3) is 0 Å². The van der Waals surface area contributed by atoms with Crippen LogP contribution in [0.25, 0.3) is 10.4 Å². The maximum absolute atomic E-state index is 12.0. The number of ether oxygens (including phenoxy) is 1. The second kappa shape index (κ2) is 8.85. The highest BCUT2D eigenvalue weighted by Gasteiger charge is 2.21. The van der Waals surface area contributed by atoms with Gasteiger partial charge in [0.15, 0.2) is 0 Å². The molecule has 0 fully saturated rings. The van der Waals surface area contributed by atoms with Gasteiger partial charge < -0.3 is 4.74 Å².